The van der Waals surface area contributed by atoms with Gasteiger partial charge in [0.1, 0.15) is 0 Å². The highest BCUT2D eigenvalue weighted by molar-refractivity contribution is 9.10. The van der Waals surface area contributed by atoms with Crippen LogP contribution in [0, 0.1) is 5.92 Å². The standard InChI is InChI=1S/C17H17BrN2O2S/c18-14-2-1-3-15(9-14)20-10-13(8-16(20)21)17(22)19-6-4-12-5-7-23-11-12/h1-3,5,7,9,11,13H,4,6,8,10H2,(H,19,22). The van der Waals surface area contributed by atoms with Crippen molar-refractivity contribution < 1.29 is 9.59 Å². The van der Waals surface area contributed by atoms with Crippen molar-refractivity contribution in [2.24, 2.45) is 5.92 Å². The van der Waals surface area contributed by atoms with Crippen LogP contribution in [0.3, 0.4) is 0 Å². The van der Waals surface area contributed by atoms with Gasteiger partial charge in [0.25, 0.3) is 0 Å². The van der Waals surface area contributed by atoms with Gasteiger partial charge in [-0.3, -0.25) is 9.59 Å². The highest BCUT2D eigenvalue weighted by Gasteiger charge is 2.34. The zero-order chi connectivity index (χ0) is 16.2. The smallest absolute Gasteiger partial charge is 0.227 e. The van der Waals surface area contributed by atoms with Crippen LogP contribution in [-0.2, 0) is 16.0 Å². The number of benzene rings is 1. The number of nitrogens with one attached hydrogen (secondary N) is 1. The molecule has 1 aromatic carbocycles. The number of thiophene rings is 1. The molecule has 1 aliphatic heterocycles. The first-order chi connectivity index (χ1) is 11.1. The van der Waals surface area contributed by atoms with E-state index < -0.39 is 0 Å². The Kier molecular flexibility index (Phi) is 5.13. The van der Waals surface area contributed by atoms with Crippen molar-refractivity contribution in [3.05, 3.63) is 51.1 Å². The molecule has 1 saturated heterocycles. The topological polar surface area (TPSA) is 49.4 Å². The van der Waals surface area contributed by atoms with Gasteiger partial charge in [0.05, 0.1) is 5.92 Å². The predicted octanol–water partition coefficient (Wildman–Crippen LogP) is 3.22. The van der Waals surface area contributed by atoms with Crippen LogP contribution in [0.15, 0.2) is 45.6 Å². The van der Waals surface area contributed by atoms with E-state index in [1.807, 2.05) is 29.6 Å². The molecule has 23 heavy (non-hydrogen) atoms. The summed E-state index contributed by atoms with van der Waals surface area (Å²) in [5, 5.41) is 7.06. The second-order valence-electron chi connectivity index (χ2n) is 5.56. The summed E-state index contributed by atoms with van der Waals surface area (Å²) in [4.78, 5) is 26.1. The quantitative estimate of drug-likeness (QED) is 0.848. The molecule has 1 aromatic heterocycles. The van der Waals surface area contributed by atoms with Gasteiger partial charge in [0.15, 0.2) is 0 Å². The van der Waals surface area contributed by atoms with Gasteiger partial charge in [0.2, 0.25) is 11.8 Å². The first kappa shape index (κ1) is 16.2. The number of rotatable bonds is 5. The lowest BCUT2D eigenvalue weighted by Crippen LogP contribution is -2.34. The summed E-state index contributed by atoms with van der Waals surface area (Å²) < 4.78 is 0.923. The van der Waals surface area contributed by atoms with Gasteiger partial charge in [-0.15, -0.1) is 0 Å². The lowest BCUT2D eigenvalue weighted by atomic mass is 10.1. The number of carbonyl (C=O) groups is 2. The van der Waals surface area contributed by atoms with E-state index in [1.165, 1.54) is 5.56 Å². The fourth-order valence-electron chi connectivity index (χ4n) is 2.69. The third kappa shape index (κ3) is 4.00. The molecule has 1 N–H and O–H groups in total. The van der Waals surface area contributed by atoms with Crippen molar-refractivity contribution in [2.75, 3.05) is 18.0 Å². The molecule has 0 aliphatic carbocycles. The van der Waals surface area contributed by atoms with Crippen molar-refractivity contribution in [3.8, 4) is 0 Å². The van der Waals surface area contributed by atoms with Crippen molar-refractivity contribution in [2.45, 2.75) is 12.8 Å². The maximum Gasteiger partial charge on any atom is 0.227 e. The predicted molar refractivity (Wildman–Crippen MR) is 95.6 cm³/mol. The Bertz CT molecular complexity index is 702. The SMILES string of the molecule is O=C(NCCc1ccsc1)C1CC(=O)N(c2cccc(Br)c2)C1. The van der Waals surface area contributed by atoms with Crippen molar-refractivity contribution in [3.63, 3.8) is 0 Å². The van der Waals surface area contributed by atoms with E-state index in [0.29, 0.717) is 13.1 Å². The lowest BCUT2D eigenvalue weighted by Gasteiger charge is -2.17. The molecule has 120 valence electrons. The highest BCUT2D eigenvalue weighted by Crippen LogP contribution is 2.27. The number of amides is 2. The summed E-state index contributed by atoms with van der Waals surface area (Å²) in [5.74, 6) is -0.309. The average molecular weight is 393 g/mol. The zero-order valence-corrected chi connectivity index (χ0v) is 14.9. The van der Waals surface area contributed by atoms with Gasteiger partial charge in [-0.1, -0.05) is 22.0 Å². The van der Waals surface area contributed by atoms with Crippen molar-refractivity contribution in [1.29, 1.82) is 0 Å². The molecule has 1 unspecified atom stereocenters. The summed E-state index contributed by atoms with van der Waals surface area (Å²) in [6.45, 7) is 1.05. The van der Waals surface area contributed by atoms with Crippen LogP contribution in [0.2, 0.25) is 0 Å². The molecule has 3 rings (SSSR count). The van der Waals surface area contributed by atoms with Gasteiger partial charge in [-0.2, -0.15) is 11.3 Å². The first-order valence-corrected chi connectivity index (χ1v) is 9.22. The number of nitrogens with zero attached hydrogens (tertiary/aromatic N) is 1. The van der Waals surface area contributed by atoms with E-state index in [-0.39, 0.29) is 24.2 Å². The maximum absolute atomic E-state index is 12.3. The minimum Gasteiger partial charge on any atom is -0.355 e. The van der Waals surface area contributed by atoms with Gasteiger partial charge in [0, 0.05) is 29.7 Å². The van der Waals surface area contributed by atoms with E-state index in [9.17, 15) is 9.59 Å². The minimum absolute atomic E-state index is 0.00100. The second kappa shape index (κ2) is 7.27. The number of hydrogen-bond donors (Lipinski definition) is 1. The van der Waals surface area contributed by atoms with Crippen molar-refractivity contribution >= 4 is 44.8 Å². The molecule has 2 aromatic rings. The van der Waals surface area contributed by atoms with E-state index in [4.69, 9.17) is 0 Å². The van der Waals surface area contributed by atoms with Crippen LogP contribution in [-0.4, -0.2) is 24.9 Å². The first-order valence-electron chi connectivity index (χ1n) is 7.48. The van der Waals surface area contributed by atoms with E-state index in [1.54, 1.807) is 16.2 Å². The van der Waals surface area contributed by atoms with E-state index in [2.05, 4.69) is 32.7 Å². The third-order valence-electron chi connectivity index (χ3n) is 3.91. The third-order valence-corrected chi connectivity index (χ3v) is 5.13. The lowest BCUT2D eigenvalue weighted by molar-refractivity contribution is -0.126. The van der Waals surface area contributed by atoms with Crippen LogP contribution in [0.25, 0.3) is 0 Å². The Labute approximate surface area is 147 Å². The summed E-state index contributed by atoms with van der Waals surface area (Å²) in [6.07, 6.45) is 1.10. The fourth-order valence-corrected chi connectivity index (χ4v) is 3.78. The Morgan fingerprint density at radius 2 is 2.26 bits per heavy atom. The molecule has 0 saturated carbocycles. The number of hydrogen-bond acceptors (Lipinski definition) is 3. The fraction of sp³-hybridized carbons (Fsp3) is 0.294. The molecule has 0 bridgehead atoms. The molecule has 1 atom stereocenters. The van der Waals surface area contributed by atoms with Gasteiger partial charge >= 0.3 is 0 Å². The highest BCUT2D eigenvalue weighted by atomic mass is 79.9. The van der Waals surface area contributed by atoms with Crippen molar-refractivity contribution in [1.82, 2.24) is 5.32 Å². The average Bonchev–Trinajstić information content (AvgIpc) is 3.16. The molecule has 2 amide bonds. The minimum atomic E-state index is -0.274. The Morgan fingerprint density at radius 1 is 1.39 bits per heavy atom. The summed E-state index contributed by atoms with van der Waals surface area (Å²) in [7, 11) is 0. The summed E-state index contributed by atoms with van der Waals surface area (Å²) in [6, 6.07) is 9.65. The molecule has 4 nitrogen and oxygen atoms in total. The Balaban J connectivity index is 1.55. The second-order valence-corrected chi connectivity index (χ2v) is 7.25. The maximum atomic E-state index is 12.3. The van der Waals surface area contributed by atoms with Gasteiger partial charge in [-0.05, 0) is 47.0 Å². The van der Waals surface area contributed by atoms with E-state index in [0.717, 1.165) is 16.6 Å². The van der Waals surface area contributed by atoms with Crippen LogP contribution in [0.1, 0.15) is 12.0 Å². The number of anilines is 1. The zero-order valence-electron chi connectivity index (χ0n) is 12.5. The van der Waals surface area contributed by atoms with Crippen LogP contribution in [0.4, 0.5) is 5.69 Å². The number of halogens is 1. The van der Waals surface area contributed by atoms with Crippen LogP contribution in [0.5, 0.6) is 0 Å². The normalized spacial score (nSPS) is 17.5. The molecule has 2 heterocycles. The molecule has 6 heteroatoms. The molecule has 0 spiro atoms. The molecule has 0 radical (unpaired) electrons. The largest absolute Gasteiger partial charge is 0.355 e. The molecule has 1 aliphatic rings. The monoisotopic (exact) mass is 392 g/mol. The van der Waals surface area contributed by atoms with E-state index >= 15 is 0 Å². The summed E-state index contributed by atoms with van der Waals surface area (Å²) >= 11 is 5.07. The van der Waals surface area contributed by atoms with Crippen LogP contribution >= 0.6 is 27.3 Å². The molecular formula is C17H17BrN2O2S. The van der Waals surface area contributed by atoms with Gasteiger partial charge < -0.3 is 10.2 Å². The van der Waals surface area contributed by atoms with Gasteiger partial charge in [-0.25, -0.2) is 0 Å². The summed E-state index contributed by atoms with van der Waals surface area (Å²) in [5.41, 5.74) is 2.06. The Morgan fingerprint density at radius 3 is 3.00 bits per heavy atom. The van der Waals surface area contributed by atoms with Crippen LogP contribution < -0.4 is 10.2 Å². The Hall–Kier alpha value is -1.66. The molecular weight excluding hydrogens is 376 g/mol. The molecule has 1 fully saturated rings. The number of carbonyl (C=O) groups excluding carboxylic acids is 2.